The van der Waals surface area contributed by atoms with E-state index >= 15 is 0 Å². The molecule has 1 N–H and O–H groups in total. The van der Waals surface area contributed by atoms with Crippen LogP contribution in [-0.4, -0.2) is 48.6 Å². The third-order valence-electron chi connectivity index (χ3n) is 5.56. The van der Waals surface area contributed by atoms with Gasteiger partial charge < -0.3 is 10.2 Å². The maximum atomic E-state index is 12.7. The van der Waals surface area contributed by atoms with Crippen molar-refractivity contribution in [1.82, 2.24) is 15.1 Å². The fourth-order valence-electron chi connectivity index (χ4n) is 3.69. The summed E-state index contributed by atoms with van der Waals surface area (Å²) in [6.45, 7) is 4.35. The maximum absolute atomic E-state index is 12.7. The molecular weight excluding hydrogens is 334 g/mol. The highest BCUT2D eigenvalue weighted by molar-refractivity contribution is 5.76. The van der Waals surface area contributed by atoms with Gasteiger partial charge in [-0.2, -0.15) is 0 Å². The molecule has 4 rings (SSSR count). The Labute approximate surface area is 161 Å². The number of carbonyl (C=O) groups is 1. The van der Waals surface area contributed by atoms with Crippen LogP contribution < -0.4 is 5.32 Å². The lowest BCUT2D eigenvalue weighted by Crippen LogP contribution is -2.53. The molecule has 1 heterocycles. The molecule has 1 aliphatic heterocycles. The van der Waals surface area contributed by atoms with Crippen LogP contribution in [0.4, 0.5) is 4.79 Å². The molecule has 1 saturated heterocycles. The number of hydrogen-bond acceptors (Lipinski definition) is 2. The van der Waals surface area contributed by atoms with Gasteiger partial charge in [-0.3, -0.25) is 4.90 Å². The Morgan fingerprint density at radius 1 is 0.926 bits per heavy atom. The Kier molecular flexibility index (Phi) is 5.26. The second-order valence-corrected chi connectivity index (χ2v) is 7.48. The fraction of sp³-hybridized carbons (Fsp3) is 0.348. The van der Waals surface area contributed by atoms with Crippen LogP contribution in [0.5, 0.6) is 0 Å². The Balaban J connectivity index is 1.24. The van der Waals surface area contributed by atoms with Crippen LogP contribution in [0.25, 0.3) is 6.08 Å². The van der Waals surface area contributed by atoms with Gasteiger partial charge in [0.25, 0.3) is 0 Å². The van der Waals surface area contributed by atoms with Gasteiger partial charge >= 0.3 is 6.03 Å². The highest BCUT2D eigenvalue weighted by Crippen LogP contribution is 2.45. The molecule has 2 aromatic rings. The van der Waals surface area contributed by atoms with Crippen LogP contribution in [0.2, 0.25) is 0 Å². The molecule has 2 aliphatic rings. The van der Waals surface area contributed by atoms with Gasteiger partial charge in [-0.15, -0.1) is 0 Å². The van der Waals surface area contributed by atoms with Gasteiger partial charge in [0.05, 0.1) is 5.54 Å². The molecule has 2 aromatic carbocycles. The lowest BCUT2D eigenvalue weighted by molar-refractivity contribution is 0.143. The standard InChI is InChI=1S/C23H27N3O/c27-22(24-23(13-14-23)21-11-5-2-6-12-21)26-18-16-25(17-19-26)15-7-10-20-8-3-1-4-9-20/h1-12H,13-19H2,(H,24,27)/b10-7+. The second kappa shape index (κ2) is 7.97. The largest absolute Gasteiger partial charge is 0.328 e. The molecule has 1 saturated carbocycles. The van der Waals surface area contributed by atoms with Gasteiger partial charge in [0.15, 0.2) is 0 Å². The molecule has 2 fully saturated rings. The number of amides is 2. The first kappa shape index (κ1) is 17.8. The number of nitrogens with one attached hydrogen (secondary N) is 1. The van der Waals surface area contributed by atoms with Crippen LogP contribution in [0.15, 0.2) is 66.7 Å². The van der Waals surface area contributed by atoms with Gasteiger partial charge in [-0.05, 0) is 24.0 Å². The molecule has 0 radical (unpaired) electrons. The topological polar surface area (TPSA) is 35.6 Å². The lowest BCUT2D eigenvalue weighted by atomic mass is 10.1. The summed E-state index contributed by atoms with van der Waals surface area (Å²) in [7, 11) is 0. The summed E-state index contributed by atoms with van der Waals surface area (Å²) < 4.78 is 0. The smallest absolute Gasteiger partial charge is 0.318 e. The predicted molar refractivity (Wildman–Crippen MR) is 109 cm³/mol. The van der Waals surface area contributed by atoms with E-state index in [1.54, 1.807) is 0 Å². The third kappa shape index (κ3) is 4.40. The van der Waals surface area contributed by atoms with Crippen molar-refractivity contribution in [3.63, 3.8) is 0 Å². The predicted octanol–water partition coefficient (Wildman–Crippen LogP) is 3.72. The van der Waals surface area contributed by atoms with E-state index in [-0.39, 0.29) is 11.6 Å². The number of rotatable bonds is 5. The Morgan fingerprint density at radius 2 is 1.56 bits per heavy atom. The van der Waals surface area contributed by atoms with Crippen molar-refractivity contribution in [3.8, 4) is 0 Å². The molecule has 0 aromatic heterocycles. The SMILES string of the molecule is O=C(NC1(c2ccccc2)CC1)N1CCN(C/C=C/c2ccccc2)CC1. The summed E-state index contributed by atoms with van der Waals surface area (Å²) in [6, 6.07) is 20.8. The van der Waals surface area contributed by atoms with E-state index in [1.165, 1.54) is 11.1 Å². The van der Waals surface area contributed by atoms with E-state index in [0.29, 0.717) is 0 Å². The first-order valence-corrected chi connectivity index (χ1v) is 9.82. The summed E-state index contributed by atoms with van der Waals surface area (Å²) in [6.07, 6.45) is 6.44. The van der Waals surface area contributed by atoms with Crippen LogP contribution in [0, 0.1) is 0 Å². The zero-order valence-corrected chi connectivity index (χ0v) is 15.7. The van der Waals surface area contributed by atoms with Crippen molar-refractivity contribution < 1.29 is 4.79 Å². The van der Waals surface area contributed by atoms with Crippen molar-refractivity contribution in [2.75, 3.05) is 32.7 Å². The molecule has 0 atom stereocenters. The molecule has 140 valence electrons. The van der Waals surface area contributed by atoms with E-state index in [4.69, 9.17) is 0 Å². The maximum Gasteiger partial charge on any atom is 0.318 e. The lowest BCUT2D eigenvalue weighted by Gasteiger charge is -2.35. The van der Waals surface area contributed by atoms with Crippen LogP contribution >= 0.6 is 0 Å². The Bertz CT molecular complexity index is 776. The number of urea groups is 1. The van der Waals surface area contributed by atoms with E-state index in [1.807, 2.05) is 29.2 Å². The molecule has 0 spiro atoms. The third-order valence-corrected chi connectivity index (χ3v) is 5.56. The fourth-order valence-corrected chi connectivity index (χ4v) is 3.69. The zero-order chi connectivity index (χ0) is 18.5. The number of hydrogen-bond donors (Lipinski definition) is 1. The number of nitrogens with zero attached hydrogens (tertiary/aromatic N) is 2. The molecule has 27 heavy (non-hydrogen) atoms. The van der Waals surface area contributed by atoms with E-state index in [9.17, 15) is 4.79 Å². The normalized spacial score (nSPS) is 19.2. The minimum atomic E-state index is -0.131. The zero-order valence-electron chi connectivity index (χ0n) is 15.7. The molecular formula is C23H27N3O. The minimum Gasteiger partial charge on any atom is -0.328 e. The van der Waals surface area contributed by atoms with Crippen molar-refractivity contribution in [1.29, 1.82) is 0 Å². The minimum absolute atomic E-state index is 0.0795. The van der Waals surface area contributed by atoms with Crippen LogP contribution in [0.1, 0.15) is 24.0 Å². The molecule has 2 amide bonds. The first-order chi connectivity index (χ1) is 13.3. The van der Waals surface area contributed by atoms with Crippen molar-refractivity contribution >= 4 is 12.1 Å². The van der Waals surface area contributed by atoms with Gasteiger partial charge in [0.2, 0.25) is 0 Å². The molecule has 4 heteroatoms. The molecule has 1 aliphatic carbocycles. The van der Waals surface area contributed by atoms with E-state index in [2.05, 4.69) is 58.8 Å². The highest BCUT2D eigenvalue weighted by Gasteiger charge is 2.46. The number of benzene rings is 2. The number of carbonyl (C=O) groups excluding carboxylic acids is 1. The van der Waals surface area contributed by atoms with Gasteiger partial charge in [0.1, 0.15) is 0 Å². The van der Waals surface area contributed by atoms with Crippen molar-refractivity contribution in [2.24, 2.45) is 0 Å². The van der Waals surface area contributed by atoms with Gasteiger partial charge in [-0.25, -0.2) is 4.79 Å². The van der Waals surface area contributed by atoms with E-state index in [0.717, 1.165) is 45.6 Å². The van der Waals surface area contributed by atoms with Crippen molar-refractivity contribution in [3.05, 3.63) is 77.9 Å². The Morgan fingerprint density at radius 3 is 2.19 bits per heavy atom. The highest BCUT2D eigenvalue weighted by atomic mass is 16.2. The van der Waals surface area contributed by atoms with Crippen LogP contribution in [-0.2, 0) is 5.54 Å². The summed E-state index contributed by atoms with van der Waals surface area (Å²) in [5.41, 5.74) is 2.32. The quantitative estimate of drug-likeness (QED) is 0.881. The van der Waals surface area contributed by atoms with E-state index < -0.39 is 0 Å². The summed E-state index contributed by atoms with van der Waals surface area (Å²) in [5, 5.41) is 3.29. The average Bonchev–Trinajstić information content (AvgIpc) is 3.51. The average molecular weight is 361 g/mol. The van der Waals surface area contributed by atoms with Gasteiger partial charge in [0, 0.05) is 32.7 Å². The first-order valence-electron chi connectivity index (χ1n) is 9.82. The van der Waals surface area contributed by atoms with Crippen LogP contribution in [0.3, 0.4) is 0 Å². The summed E-state index contributed by atoms with van der Waals surface area (Å²) >= 11 is 0. The summed E-state index contributed by atoms with van der Waals surface area (Å²) in [5.74, 6) is 0. The second-order valence-electron chi connectivity index (χ2n) is 7.48. The molecule has 4 nitrogen and oxygen atoms in total. The van der Waals surface area contributed by atoms with Crippen molar-refractivity contribution in [2.45, 2.75) is 18.4 Å². The monoisotopic (exact) mass is 361 g/mol. The van der Waals surface area contributed by atoms with Gasteiger partial charge in [-0.1, -0.05) is 72.8 Å². The molecule has 0 bridgehead atoms. The number of piperazine rings is 1. The summed E-state index contributed by atoms with van der Waals surface area (Å²) in [4.78, 5) is 17.1. The molecule has 0 unspecified atom stereocenters. The Hall–Kier alpha value is -2.59.